The summed E-state index contributed by atoms with van der Waals surface area (Å²) < 4.78 is 5.14. The Morgan fingerprint density at radius 2 is 1.96 bits per heavy atom. The van der Waals surface area contributed by atoms with Crippen molar-refractivity contribution in [3.63, 3.8) is 0 Å². The first-order valence-electron chi connectivity index (χ1n) is 7.27. The van der Waals surface area contributed by atoms with E-state index in [9.17, 15) is 14.4 Å². The van der Waals surface area contributed by atoms with Gasteiger partial charge in [-0.3, -0.25) is 14.4 Å². The lowest BCUT2D eigenvalue weighted by Gasteiger charge is -2.17. The number of carbonyl (C=O) groups is 3. The molecule has 0 heterocycles. The van der Waals surface area contributed by atoms with E-state index in [1.807, 2.05) is 0 Å². The van der Waals surface area contributed by atoms with Crippen LogP contribution in [-0.2, 0) is 14.4 Å². The summed E-state index contributed by atoms with van der Waals surface area (Å²) >= 11 is 5.90. The van der Waals surface area contributed by atoms with Crippen molar-refractivity contribution in [2.45, 2.75) is 0 Å². The van der Waals surface area contributed by atoms with Crippen molar-refractivity contribution in [1.29, 1.82) is 0 Å². The molecule has 1 rings (SSSR count). The van der Waals surface area contributed by atoms with Gasteiger partial charge in [-0.25, -0.2) is 0 Å². The molecule has 132 valence electrons. The number of amides is 3. The lowest BCUT2D eigenvalue weighted by molar-refractivity contribution is -0.633. The van der Waals surface area contributed by atoms with Crippen molar-refractivity contribution in [2.24, 2.45) is 0 Å². The van der Waals surface area contributed by atoms with Crippen molar-refractivity contribution < 1.29 is 24.4 Å². The SMILES string of the molecule is CNC(=O)C[NH2+]CC(=O)N(C)CC(=O)Nc1cc(Cl)ccc1OC. The van der Waals surface area contributed by atoms with Gasteiger partial charge in [0.2, 0.25) is 5.91 Å². The largest absolute Gasteiger partial charge is 0.495 e. The molecule has 0 fully saturated rings. The molecule has 0 aromatic heterocycles. The lowest BCUT2D eigenvalue weighted by Crippen LogP contribution is -2.88. The molecule has 4 N–H and O–H groups in total. The van der Waals surface area contributed by atoms with E-state index >= 15 is 0 Å². The topological polar surface area (TPSA) is 104 Å². The molecule has 0 aliphatic heterocycles. The molecule has 1 aromatic rings. The Bertz CT molecular complexity index is 609. The fourth-order valence-electron chi connectivity index (χ4n) is 1.86. The van der Waals surface area contributed by atoms with Crippen LogP contribution in [0.25, 0.3) is 0 Å². The molecule has 0 aliphatic rings. The van der Waals surface area contributed by atoms with Gasteiger partial charge >= 0.3 is 0 Å². The summed E-state index contributed by atoms with van der Waals surface area (Å²) in [5, 5.41) is 7.14. The Morgan fingerprint density at radius 3 is 2.58 bits per heavy atom. The molecule has 1 aromatic carbocycles. The molecule has 0 spiro atoms. The molecule has 0 saturated heterocycles. The number of nitrogens with two attached hydrogens (primary N) is 1. The quantitative estimate of drug-likeness (QED) is 0.558. The number of halogens is 1. The smallest absolute Gasteiger partial charge is 0.277 e. The average Bonchev–Trinajstić information content (AvgIpc) is 2.54. The highest BCUT2D eigenvalue weighted by atomic mass is 35.5. The van der Waals surface area contributed by atoms with Gasteiger partial charge < -0.3 is 25.6 Å². The van der Waals surface area contributed by atoms with Gasteiger partial charge in [0.1, 0.15) is 5.75 Å². The number of hydrogen-bond donors (Lipinski definition) is 3. The maximum atomic E-state index is 12.1. The second kappa shape index (κ2) is 9.74. The minimum Gasteiger partial charge on any atom is -0.495 e. The van der Waals surface area contributed by atoms with Gasteiger partial charge in [0, 0.05) is 19.1 Å². The van der Waals surface area contributed by atoms with Crippen molar-refractivity contribution in [3.05, 3.63) is 23.2 Å². The Balaban J connectivity index is 2.50. The van der Waals surface area contributed by atoms with Crippen LogP contribution in [0.3, 0.4) is 0 Å². The number of hydrogen-bond acceptors (Lipinski definition) is 4. The molecule has 0 unspecified atom stereocenters. The molecule has 3 amide bonds. The second-order valence-corrected chi connectivity index (χ2v) is 5.45. The van der Waals surface area contributed by atoms with Crippen molar-refractivity contribution in [2.75, 3.05) is 46.2 Å². The van der Waals surface area contributed by atoms with E-state index in [1.165, 1.54) is 26.1 Å². The highest BCUT2D eigenvalue weighted by molar-refractivity contribution is 6.31. The first-order valence-corrected chi connectivity index (χ1v) is 7.64. The molecule has 0 saturated carbocycles. The van der Waals surface area contributed by atoms with Gasteiger partial charge in [-0.15, -0.1) is 0 Å². The number of nitrogens with zero attached hydrogens (tertiary/aromatic N) is 1. The van der Waals surface area contributed by atoms with Crippen LogP contribution < -0.4 is 20.7 Å². The van der Waals surface area contributed by atoms with Crippen LogP contribution in [0.4, 0.5) is 5.69 Å². The number of methoxy groups -OCH3 is 1. The van der Waals surface area contributed by atoms with Gasteiger partial charge in [-0.2, -0.15) is 0 Å². The zero-order valence-electron chi connectivity index (χ0n) is 13.9. The lowest BCUT2D eigenvalue weighted by atomic mass is 10.3. The number of likely N-dealkylation sites (N-methyl/N-ethyl adjacent to an activating group) is 2. The molecule has 0 bridgehead atoms. The third-order valence-electron chi connectivity index (χ3n) is 3.17. The Morgan fingerprint density at radius 1 is 1.25 bits per heavy atom. The van der Waals surface area contributed by atoms with Crippen molar-refractivity contribution in [3.8, 4) is 5.75 Å². The van der Waals surface area contributed by atoms with Crippen LogP contribution in [-0.4, -0.2) is 63.5 Å². The van der Waals surface area contributed by atoms with E-state index in [2.05, 4.69) is 10.6 Å². The van der Waals surface area contributed by atoms with E-state index in [4.69, 9.17) is 16.3 Å². The zero-order valence-corrected chi connectivity index (χ0v) is 14.6. The van der Waals surface area contributed by atoms with E-state index in [0.29, 0.717) is 16.5 Å². The van der Waals surface area contributed by atoms with Gasteiger partial charge in [-0.1, -0.05) is 11.6 Å². The predicted molar refractivity (Wildman–Crippen MR) is 90.0 cm³/mol. The van der Waals surface area contributed by atoms with E-state index < -0.39 is 0 Å². The number of rotatable bonds is 8. The average molecular weight is 358 g/mol. The number of anilines is 1. The van der Waals surface area contributed by atoms with Crippen LogP contribution >= 0.6 is 11.6 Å². The van der Waals surface area contributed by atoms with Crippen LogP contribution in [0.1, 0.15) is 0 Å². The highest BCUT2D eigenvalue weighted by Crippen LogP contribution is 2.27. The maximum absolute atomic E-state index is 12.1. The Labute approximate surface area is 145 Å². The third-order valence-corrected chi connectivity index (χ3v) is 3.40. The minimum absolute atomic E-state index is 0.0810. The van der Waals surface area contributed by atoms with Crippen LogP contribution in [0.5, 0.6) is 5.75 Å². The summed E-state index contributed by atoms with van der Waals surface area (Å²) in [5.41, 5.74) is 0.432. The second-order valence-electron chi connectivity index (χ2n) is 5.01. The molecule has 0 radical (unpaired) electrons. The Kier molecular flexibility index (Phi) is 8.00. The molecular weight excluding hydrogens is 336 g/mol. The molecule has 9 heteroatoms. The van der Waals surface area contributed by atoms with Crippen LogP contribution in [0, 0.1) is 0 Å². The van der Waals surface area contributed by atoms with Gasteiger partial charge in [0.15, 0.2) is 13.1 Å². The van der Waals surface area contributed by atoms with E-state index in [-0.39, 0.29) is 37.4 Å². The molecular formula is C15H22ClN4O4+. The predicted octanol–water partition coefficient (Wildman–Crippen LogP) is -0.945. The van der Waals surface area contributed by atoms with Crippen molar-refractivity contribution in [1.82, 2.24) is 10.2 Å². The van der Waals surface area contributed by atoms with Gasteiger partial charge in [-0.05, 0) is 18.2 Å². The van der Waals surface area contributed by atoms with E-state index in [1.54, 1.807) is 23.5 Å². The van der Waals surface area contributed by atoms with Crippen LogP contribution in [0.2, 0.25) is 5.02 Å². The van der Waals surface area contributed by atoms with Gasteiger partial charge in [0.25, 0.3) is 11.8 Å². The first kappa shape index (κ1) is 19.7. The molecule has 24 heavy (non-hydrogen) atoms. The Hall–Kier alpha value is -2.32. The van der Waals surface area contributed by atoms with E-state index in [0.717, 1.165) is 0 Å². The number of quaternary nitrogens is 1. The molecule has 0 atom stereocenters. The van der Waals surface area contributed by atoms with Crippen molar-refractivity contribution >= 4 is 35.0 Å². The fourth-order valence-corrected chi connectivity index (χ4v) is 2.03. The molecule has 8 nitrogen and oxygen atoms in total. The fraction of sp³-hybridized carbons (Fsp3) is 0.400. The maximum Gasteiger partial charge on any atom is 0.277 e. The number of nitrogens with one attached hydrogen (secondary N) is 2. The minimum atomic E-state index is -0.377. The monoisotopic (exact) mass is 357 g/mol. The summed E-state index contributed by atoms with van der Waals surface area (Å²) in [6.45, 7) is 0.113. The summed E-state index contributed by atoms with van der Waals surface area (Å²) in [6, 6.07) is 4.85. The summed E-state index contributed by atoms with van der Waals surface area (Å²) in [6.07, 6.45) is 0. The zero-order chi connectivity index (χ0) is 18.1. The van der Waals surface area contributed by atoms with Gasteiger partial charge in [0.05, 0.1) is 19.3 Å². The number of carbonyl (C=O) groups excluding carboxylic acids is 3. The standard InChI is InChI=1S/C15H21ClN4O4/c1-17-13(21)7-18-8-15(23)20(2)9-14(22)19-11-6-10(16)4-5-12(11)24-3/h4-6,18H,7-9H2,1-3H3,(H,17,21)(H,19,22)/p+1. The third kappa shape index (κ3) is 6.43. The highest BCUT2D eigenvalue weighted by Gasteiger charge is 2.16. The normalized spacial score (nSPS) is 10.0. The summed E-state index contributed by atoms with van der Waals surface area (Å²) in [5.74, 6) is -0.332. The summed E-state index contributed by atoms with van der Waals surface area (Å²) in [4.78, 5) is 36.3. The van der Waals surface area contributed by atoms with Crippen LogP contribution in [0.15, 0.2) is 18.2 Å². The number of benzene rings is 1. The number of ether oxygens (including phenoxy) is 1. The first-order chi connectivity index (χ1) is 11.4. The summed E-state index contributed by atoms with van der Waals surface area (Å²) in [7, 11) is 4.53. The molecule has 0 aliphatic carbocycles.